The Labute approximate surface area is 64.0 Å². The highest BCUT2D eigenvalue weighted by Crippen LogP contribution is 2.15. The van der Waals surface area contributed by atoms with Crippen molar-refractivity contribution in [3.63, 3.8) is 0 Å². The summed E-state index contributed by atoms with van der Waals surface area (Å²) in [5.74, 6) is 0.670. The van der Waals surface area contributed by atoms with Gasteiger partial charge in [0, 0.05) is 18.5 Å². The second kappa shape index (κ2) is 2.20. The second-order valence-corrected chi connectivity index (χ2v) is 2.21. The molecule has 1 aliphatic heterocycles. The van der Waals surface area contributed by atoms with Gasteiger partial charge in [-0.2, -0.15) is 0 Å². The van der Waals surface area contributed by atoms with Crippen LogP contribution in [-0.2, 0) is 4.79 Å². The Morgan fingerprint density at radius 3 is 2.73 bits per heavy atom. The maximum atomic E-state index is 10.8. The molecule has 54 valence electrons. The molecule has 0 aliphatic carbocycles. The normalized spacial score (nSPS) is 14.9. The third-order valence-electron chi connectivity index (χ3n) is 1.50. The summed E-state index contributed by atoms with van der Waals surface area (Å²) in [6, 6.07) is 5.46. The molecule has 3 nitrogen and oxygen atoms in total. The smallest absolute Gasteiger partial charge is 0.257 e. The zero-order valence-corrected chi connectivity index (χ0v) is 5.77. The molecule has 0 saturated carbocycles. The van der Waals surface area contributed by atoms with Crippen molar-refractivity contribution in [3.8, 4) is 0 Å². The van der Waals surface area contributed by atoms with Crippen LogP contribution in [0.25, 0.3) is 0 Å². The van der Waals surface area contributed by atoms with Gasteiger partial charge in [-0.3, -0.25) is 9.69 Å². The van der Waals surface area contributed by atoms with Crippen LogP contribution in [0.4, 0.5) is 5.82 Å². The molecule has 2 heterocycles. The predicted octanol–water partition coefficient (Wildman–Crippen LogP) is 0.942. The van der Waals surface area contributed by atoms with Gasteiger partial charge in [-0.05, 0) is 12.1 Å². The maximum absolute atomic E-state index is 10.8. The van der Waals surface area contributed by atoms with Gasteiger partial charge in [-0.1, -0.05) is 6.07 Å². The molecule has 0 N–H and O–H groups in total. The van der Waals surface area contributed by atoms with E-state index < -0.39 is 0 Å². The van der Waals surface area contributed by atoms with Crippen molar-refractivity contribution in [2.75, 3.05) is 4.90 Å². The third kappa shape index (κ3) is 0.902. The molecule has 2 rings (SSSR count). The van der Waals surface area contributed by atoms with E-state index in [-0.39, 0.29) is 5.91 Å². The van der Waals surface area contributed by atoms with Gasteiger partial charge in [0.1, 0.15) is 5.82 Å². The highest BCUT2D eigenvalue weighted by Gasteiger charge is 2.17. The summed E-state index contributed by atoms with van der Waals surface area (Å²) in [5, 5.41) is 0. The summed E-state index contributed by atoms with van der Waals surface area (Å²) < 4.78 is 0. The molecular weight excluding hydrogens is 140 g/mol. The minimum atomic E-state index is -0.0105. The Hall–Kier alpha value is -1.64. The van der Waals surface area contributed by atoms with Gasteiger partial charge in [0.2, 0.25) is 0 Å². The van der Waals surface area contributed by atoms with Crippen molar-refractivity contribution in [2.45, 2.75) is 0 Å². The Balaban J connectivity index is 2.32. The van der Waals surface area contributed by atoms with E-state index >= 15 is 0 Å². The van der Waals surface area contributed by atoms with E-state index in [4.69, 9.17) is 0 Å². The van der Waals surface area contributed by atoms with Gasteiger partial charge in [0.05, 0.1) is 0 Å². The SMILES string of the molecule is O=C1C=CN1c1ccccn1. The van der Waals surface area contributed by atoms with Crippen LogP contribution < -0.4 is 4.90 Å². The Morgan fingerprint density at radius 1 is 1.36 bits per heavy atom. The first-order chi connectivity index (χ1) is 5.38. The van der Waals surface area contributed by atoms with Crippen LogP contribution >= 0.6 is 0 Å². The first-order valence-electron chi connectivity index (χ1n) is 3.30. The number of rotatable bonds is 1. The summed E-state index contributed by atoms with van der Waals surface area (Å²) in [4.78, 5) is 16.3. The lowest BCUT2D eigenvalue weighted by Crippen LogP contribution is -2.31. The quantitative estimate of drug-likeness (QED) is 0.590. The highest BCUT2D eigenvalue weighted by molar-refractivity contribution is 6.08. The number of hydrogen-bond donors (Lipinski definition) is 0. The molecule has 11 heavy (non-hydrogen) atoms. The van der Waals surface area contributed by atoms with E-state index in [0.717, 1.165) is 0 Å². The van der Waals surface area contributed by atoms with E-state index in [0.29, 0.717) is 5.82 Å². The van der Waals surface area contributed by atoms with Crippen LogP contribution in [0.2, 0.25) is 0 Å². The van der Waals surface area contributed by atoms with Crippen LogP contribution in [0, 0.1) is 0 Å². The van der Waals surface area contributed by atoms with Crippen LogP contribution in [0.1, 0.15) is 0 Å². The molecular formula is C8H6N2O. The molecule has 0 saturated heterocycles. The van der Waals surface area contributed by atoms with Gasteiger partial charge < -0.3 is 0 Å². The lowest BCUT2D eigenvalue weighted by Gasteiger charge is -2.20. The van der Waals surface area contributed by atoms with E-state index in [1.54, 1.807) is 18.5 Å². The fraction of sp³-hybridized carbons (Fsp3) is 0. The molecule has 3 heteroatoms. The van der Waals surface area contributed by atoms with Crippen molar-refractivity contribution in [1.29, 1.82) is 0 Å². The standard InChI is InChI=1S/C8H6N2O/c11-8-4-6-10(8)7-3-1-2-5-9-7/h1-6H. The third-order valence-corrected chi connectivity index (χ3v) is 1.50. The Morgan fingerprint density at radius 2 is 2.27 bits per heavy atom. The van der Waals surface area contributed by atoms with Gasteiger partial charge in [-0.25, -0.2) is 4.98 Å². The molecule has 0 fully saturated rings. The minimum absolute atomic E-state index is 0.0105. The monoisotopic (exact) mass is 146 g/mol. The molecule has 1 aliphatic rings. The summed E-state index contributed by atoms with van der Waals surface area (Å²) >= 11 is 0. The van der Waals surface area contributed by atoms with Gasteiger partial charge in [0.25, 0.3) is 5.91 Å². The lowest BCUT2D eigenvalue weighted by atomic mass is 10.3. The lowest BCUT2D eigenvalue weighted by molar-refractivity contribution is -0.114. The first kappa shape index (κ1) is 6.09. The molecule has 0 atom stereocenters. The zero-order chi connectivity index (χ0) is 7.68. The number of hydrogen-bond acceptors (Lipinski definition) is 2. The number of anilines is 1. The predicted molar refractivity (Wildman–Crippen MR) is 40.9 cm³/mol. The maximum Gasteiger partial charge on any atom is 0.257 e. The fourth-order valence-corrected chi connectivity index (χ4v) is 0.895. The average molecular weight is 146 g/mol. The largest absolute Gasteiger partial charge is 0.269 e. The van der Waals surface area contributed by atoms with Crippen LogP contribution in [0.5, 0.6) is 0 Å². The minimum Gasteiger partial charge on any atom is -0.269 e. The molecule has 0 radical (unpaired) electrons. The van der Waals surface area contributed by atoms with Crippen molar-refractivity contribution in [3.05, 3.63) is 36.7 Å². The van der Waals surface area contributed by atoms with E-state index in [9.17, 15) is 4.79 Å². The molecule has 0 aromatic carbocycles. The Bertz CT molecular complexity index is 305. The number of carbonyl (C=O) groups excluding carboxylic acids is 1. The van der Waals surface area contributed by atoms with Crippen molar-refractivity contribution in [1.82, 2.24) is 4.98 Å². The van der Waals surface area contributed by atoms with Crippen LogP contribution in [0.3, 0.4) is 0 Å². The summed E-state index contributed by atoms with van der Waals surface area (Å²) in [6.45, 7) is 0. The molecule has 1 aromatic heterocycles. The topological polar surface area (TPSA) is 33.2 Å². The number of nitrogens with zero attached hydrogens (tertiary/aromatic N) is 2. The fourth-order valence-electron chi connectivity index (χ4n) is 0.895. The molecule has 0 spiro atoms. The van der Waals surface area contributed by atoms with Gasteiger partial charge in [-0.15, -0.1) is 0 Å². The van der Waals surface area contributed by atoms with Crippen molar-refractivity contribution in [2.24, 2.45) is 0 Å². The average Bonchev–Trinajstić information content (AvgIpc) is 2.04. The number of carbonyl (C=O) groups is 1. The number of pyridine rings is 1. The molecule has 1 aromatic rings. The van der Waals surface area contributed by atoms with Crippen LogP contribution in [0.15, 0.2) is 36.7 Å². The van der Waals surface area contributed by atoms with Crippen LogP contribution in [-0.4, -0.2) is 10.9 Å². The van der Waals surface area contributed by atoms with E-state index in [1.165, 1.54) is 11.0 Å². The number of amides is 1. The molecule has 1 amide bonds. The van der Waals surface area contributed by atoms with Gasteiger partial charge in [0.15, 0.2) is 0 Å². The van der Waals surface area contributed by atoms with E-state index in [2.05, 4.69) is 4.98 Å². The van der Waals surface area contributed by atoms with Gasteiger partial charge >= 0.3 is 0 Å². The highest BCUT2D eigenvalue weighted by atomic mass is 16.2. The molecule has 0 bridgehead atoms. The number of aromatic nitrogens is 1. The van der Waals surface area contributed by atoms with Crippen molar-refractivity contribution < 1.29 is 4.79 Å². The molecule has 0 unspecified atom stereocenters. The zero-order valence-electron chi connectivity index (χ0n) is 5.77. The second-order valence-electron chi connectivity index (χ2n) is 2.21. The first-order valence-corrected chi connectivity index (χ1v) is 3.30. The van der Waals surface area contributed by atoms with Crippen molar-refractivity contribution >= 4 is 11.7 Å². The van der Waals surface area contributed by atoms with E-state index in [1.807, 2.05) is 12.1 Å². The summed E-state index contributed by atoms with van der Waals surface area (Å²) in [6.07, 6.45) is 4.87. The Kier molecular flexibility index (Phi) is 1.22. The summed E-state index contributed by atoms with van der Waals surface area (Å²) in [7, 11) is 0. The summed E-state index contributed by atoms with van der Waals surface area (Å²) in [5.41, 5.74) is 0.